The van der Waals surface area contributed by atoms with Crippen molar-refractivity contribution in [2.24, 2.45) is 9.98 Å². The minimum atomic E-state index is -0.533. The summed E-state index contributed by atoms with van der Waals surface area (Å²) in [5.41, 5.74) is 9.79. The molecule has 1 N–H and O–H groups in total. The molecule has 56 heavy (non-hydrogen) atoms. The van der Waals surface area contributed by atoms with Crippen LogP contribution in [0.5, 0.6) is 0 Å². The summed E-state index contributed by atoms with van der Waals surface area (Å²) in [4.78, 5) is 21.2. The van der Waals surface area contributed by atoms with Gasteiger partial charge < -0.3 is 5.32 Å². The standard InChI is InChI=1S/C49H33N7/c1-5-17-32(18-6-1)40-31-41(33-19-7-2-8-20-33)51-48(50-40)55-42-27-15-13-25-36(42)38-29-30-39-37-26-14-16-28-43(37)56(45(39)44(38)55)49-53-46(34-21-9-3-10-22-34)52-47(54-49)35-23-11-4-12-24-35/h1-31,49H,(H,52,53,54). The lowest BCUT2D eigenvalue weighted by molar-refractivity contribution is 0.516. The van der Waals surface area contributed by atoms with E-state index in [0.29, 0.717) is 11.8 Å². The molecule has 264 valence electrons. The molecule has 10 aromatic rings. The topological polar surface area (TPSA) is 72.4 Å². The number of nitrogens with one attached hydrogen (secondary N) is 1. The number of aromatic nitrogens is 4. The third-order valence-corrected chi connectivity index (χ3v) is 10.6. The molecule has 0 saturated carbocycles. The molecule has 4 heterocycles. The van der Waals surface area contributed by atoms with Gasteiger partial charge in [0.25, 0.3) is 0 Å². The molecule has 0 fully saturated rings. The zero-order valence-corrected chi connectivity index (χ0v) is 30.2. The molecule has 7 heteroatoms. The Morgan fingerprint density at radius 3 is 1.52 bits per heavy atom. The van der Waals surface area contributed by atoms with E-state index in [4.69, 9.17) is 20.0 Å². The summed E-state index contributed by atoms with van der Waals surface area (Å²) >= 11 is 0. The minimum Gasteiger partial charge on any atom is -0.331 e. The van der Waals surface area contributed by atoms with Crippen LogP contribution in [-0.2, 0) is 0 Å². The van der Waals surface area contributed by atoms with Crippen LogP contribution in [0, 0.1) is 0 Å². The van der Waals surface area contributed by atoms with E-state index < -0.39 is 6.29 Å². The molecule has 1 aliphatic heterocycles. The fourth-order valence-corrected chi connectivity index (χ4v) is 8.07. The molecule has 11 rings (SSSR count). The van der Waals surface area contributed by atoms with Crippen LogP contribution >= 0.6 is 0 Å². The fourth-order valence-electron chi connectivity index (χ4n) is 8.07. The Morgan fingerprint density at radius 2 is 0.911 bits per heavy atom. The highest BCUT2D eigenvalue weighted by molar-refractivity contribution is 6.23. The predicted molar refractivity (Wildman–Crippen MR) is 228 cm³/mol. The number of benzene rings is 7. The van der Waals surface area contributed by atoms with Gasteiger partial charge in [-0.1, -0.05) is 170 Å². The summed E-state index contributed by atoms with van der Waals surface area (Å²) in [7, 11) is 0. The molecular weight excluding hydrogens is 687 g/mol. The lowest BCUT2D eigenvalue weighted by Gasteiger charge is -2.26. The third kappa shape index (κ3) is 5.21. The first-order valence-electron chi connectivity index (χ1n) is 18.8. The van der Waals surface area contributed by atoms with Crippen molar-refractivity contribution in [3.8, 4) is 28.5 Å². The molecule has 0 bridgehead atoms. The second-order valence-electron chi connectivity index (χ2n) is 13.9. The van der Waals surface area contributed by atoms with Crippen LogP contribution in [-0.4, -0.2) is 30.8 Å². The molecule has 1 aliphatic rings. The molecule has 1 unspecified atom stereocenters. The van der Waals surface area contributed by atoms with Crippen LogP contribution in [0.4, 0.5) is 0 Å². The highest BCUT2D eigenvalue weighted by Crippen LogP contribution is 2.42. The van der Waals surface area contributed by atoms with E-state index in [1.54, 1.807) is 0 Å². The first-order chi connectivity index (χ1) is 27.8. The Labute approximate surface area is 322 Å². The number of rotatable bonds is 6. The van der Waals surface area contributed by atoms with Gasteiger partial charge in [0.2, 0.25) is 12.2 Å². The number of amidine groups is 2. The van der Waals surface area contributed by atoms with Crippen molar-refractivity contribution in [3.63, 3.8) is 0 Å². The van der Waals surface area contributed by atoms with Crippen LogP contribution in [0.25, 0.3) is 72.1 Å². The summed E-state index contributed by atoms with van der Waals surface area (Å²) in [5.74, 6) is 2.02. The number of aliphatic imine (C=N–C) groups is 2. The Balaban J connectivity index is 1.25. The maximum atomic E-state index is 5.38. The van der Waals surface area contributed by atoms with E-state index >= 15 is 0 Å². The monoisotopic (exact) mass is 719 g/mol. The summed E-state index contributed by atoms with van der Waals surface area (Å²) in [5, 5.41) is 8.23. The van der Waals surface area contributed by atoms with E-state index in [0.717, 1.165) is 83.1 Å². The average Bonchev–Trinajstić information content (AvgIpc) is 3.81. The number of hydrogen-bond donors (Lipinski definition) is 1. The highest BCUT2D eigenvalue weighted by Gasteiger charge is 2.28. The van der Waals surface area contributed by atoms with E-state index in [2.05, 4.69) is 154 Å². The van der Waals surface area contributed by atoms with Crippen molar-refractivity contribution in [3.05, 3.63) is 199 Å². The normalized spacial score (nSPS) is 14.2. The quantitative estimate of drug-likeness (QED) is 0.186. The van der Waals surface area contributed by atoms with Gasteiger partial charge in [0.1, 0.15) is 5.84 Å². The van der Waals surface area contributed by atoms with Gasteiger partial charge in [0.05, 0.1) is 33.5 Å². The van der Waals surface area contributed by atoms with Gasteiger partial charge in [0.15, 0.2) is 5.84 Å². The van der Waals surface area contributed by atoms with Gasteiger partial charge in [-0.25, -0.2) is 20.0 Å². The van der Waals surface area contributed by atoms with E-state index in [1.165, 1.54) is 0 Å². The lowest BCUT2D eigenvalue weighted by Crippen LogP contribution is -2.36. The first-order valence-corrected chi connectivity index (χ1v) is 18.8. The molecule has 0 amide bonds. The third-order valence-electron chi connectivity index (χ3n) is 10.6. The van der Waals surface area contributed by atoms with Crippen molar-refractivity contribution in [1.82, 2.24) is 24.4 Å². The van der Waals surface area contributed by atoms with Crippen molar-refractivity contribution >= 4 is 55.3 Å². The Bertz CT molecular complexity index is 3090. The van der Waals surface area contributed by atoms with Crippen molar-refractivity contribution < 1.29 is 0 Å². The van der Waals surface area contributed by atoms with E-state index in [1.807, 2.05) is 48.5 Å². The number of para-hydroxylation sites is 2. The molecule has 3 aromatic heterocycles. The van der Waals surface area contributed by atoms with Gasteiger partial charge in [-0.3, -0.25) is 9.13 Å². The van der Waals surface area contributed by atoms with E-state index in [9.17, 15) is 0 Å². The van der Waals surface area contributed by atoms with Gasteiger partial charge >= 0.3 is 0 Å². The maximum absolute atomic E-state index is 5.38. The lowest BCUT2D eigenvalue weighted by atomic mass is 10.1. The summed E-state index contributed by atoms with van der Waals surface area (Å²) < 4.78 is 4.58. The van der Waals surface area contributed by atoms with Crippen LogP contribution in [0.3, 0.4) is 0 Å². The Hall–Kier alpha value is -7.64. The highest BCUT2D eigenvalue weighted by atomic mass is 15.3. The summed E-state index contributed by atoms with van der Waals surface area (Å²) in [6.45, 7) is 0. The van der Waals surface area contributed by atoms with Gasteiger partial charge in [-0.05, 0) is 18.2 Å². The average molecular weight is 720 g/mol. The zero-order chi connectivity index (χ0) is 37.0. The molecule has 0 saturated heterocycles. The number of nitrogens with zero attached hydrogens (tertiary/aromatic N) is 6. The number of fused-ring (bicyclic) bond motifs is 7. The van der Waals surface area contributed by atoms with Gasteiger partial charge in [-0.15, -0.1) is 0 Å². The SMILES string of the molecule is c1ccc(C2=NC(n3c4ccccc4c4ccc5c6ccccc6n(-c6nc(-c7ccccc7)cc(-c7ccccc7)n6)c5c43)NC(c3ccccc3)=N2)cc1. The maximum Gasteiger partial charge on any atom is 0.235 e. The molecule has 7 nitrogen and oxygen atoms in total. The first kappa shape index (κ1) is 31.8. The fraction of sp³-hybridized carbons (Fsp3) is 0.0204. The Morgan fingerprint density at radius 1 is 0.429 bits per heavy atom. The van der Waals surface area contributed by atoms with Gasteiger partial charge in [0, 0.05) is 43.8 Å². The molecule has 1 atom stereocenters. The van der Waals surface area contributed by atoms with Crippen molar-refractivity contribution in [2.45, 2.75) is 6.29 Å². The largest absolute Gasteiger partial charge is 0.331 e. The Kier molecular flexibility index (Phi) is 7.41. The molecule has 0 radical (unpaired) electrons. The van der Waals surface area contributed by atoms with Crippen molar-refractivity contribution in [1.29, 1.82) is 0 Å². The minimum absolute atomic E-state index is 0.533. The molecule has 7 aromatic carbocycles. The predicted octanol–water partition coefficient (Wildman–Crippen LogP) is 11.0. The summed E-state index contributed by atoms with van der Waals surface area (Å²) in [6, 6.07) is 64.9. The molecule has 0 aliphatic carbocycles. The second-order valence-corrected chi connectivity index (χ2v) is 13.9. The van der Waals surface area contributed by atoms with Crippen LogP contribution < -0.4 is 5.32 Å². The smallest absolute Gasteiger partial charge is 0.235 e. The van der Waals surface area contributed by atoms with Crippen molar-refractivity contribution in [2.75, 3.05) is 0 Å². The molecule has 0 spiro atoms. The number of hydrogen-bond acceptors (Lipinski definition) is 5. The van der Waals surface area contributed by atoms with Crippen LogP contribution in [0.2, 0.25) is 0 Å². The van der Waals surface area contributed by atoms with Gasteiger partial charge in [-0.2, -0.15) is 0 Å². The second kappa shape index (κ2) is 13.0. The van der Waals surface area contributed by atoms with Crippen LogP contribution in [0.15, 0.2) is 198 Å². The van der Waals surface area contributed by atoms with Crippen LogP contribution in [0.1, 0.15) is 17.4 Å². The summed E-state index contributed by atoms with van der Waals surface area (Å²) in [6.07, 6.45) is -0.533. The zero-order valence-electron chi connectivity index (χ0n) is 30.2. The molecular formula is C49H33N7. The van der Waals surface area contributed by atoms with E-state index in [-0.39, 0.29) is 0 Å².